The van der Waals surface area contributed by atoms with Crippen LogP contribution >= 0.6 is 0 Å². The maximum atomic E-state index is 13.2. The minimum Gasteiger partial charge on any atom is -0.394 e. The largest absolute Gasteiger partial charge is 0.416 e. The second-order valence-corrected chi connectivity index (χ2v) is 6.58. The Morgan fingerprint density at radius 3 is 2.45 bits per heavy atom. The third kappa shape index (κ3) is 5.20. The van der Waals surface area contributed by atoms with E-state index >= 15 is 0 Å². The molecular weight excluding hydrogens is 383 g/mol. The fourth-order valence-electron chi connectivity index (χ4n) is 2.67. The number of halogens is 3. The minimum atomic E-state index is -4.45. The van der Waals surface area contributed by atoms with Gasteiger partial charge >= 0.3 is 6.18 Å². The SMILES string of the molecule is Cc1ccc(Nc2cc(-c3ccncc3)nc(N[C@@H](C)CO)n2)cc1C(F)(F)F. The molecule has 0 amide bonds. The molecule has 0 aliphatic rings. The average molecular weight is 403 g/mol. The van der Waals surface area contributed by atoms with Crippen molar-refractivity contribution in [3.63, 3.8) is 0 Å². The molecule has 2 heterocycles. The fraction of sp³-hybridized carbons (Fsp3) is 0.250. The highest BCUT2D eigenvalue weighted by molar-refractivity contribution is 5.67. The van der Waals surface area contributed by atoms with Crippen LogP contribution < -0.4 is 10.6 Å². The summed E-state index contributed by atoms with van der Waals surface area (Å²) in [6, 6.07) is 8.87. The zero-order valence-corrected chi connectivity index (χ0v) is 15.8. The van der Waals surface area contributed by atoms with Crippen molar-refractivity contribution in [1.82, 2.24) is 15.0 Å². The van der Waals surface area contributed by atoms with Crippen molar-refractivity contribution >= 4 is 17.5 Å². The Labute approximate surface area is 165 Å². The highest BCUT2D eigenvalue weighted by Gasteiger charge is 2.32. The number of nitrogens with zero attached hydrogens (tertiary/aromatic N) is 3. The Hall–Kier alpha value is -3.20. The number of rotatable bonds is 6. The van der Waals surface area contributed by atoms with Crippen LogP contribution in [0.2, 0.25) is 0 Å². The summed E-state index contributed by atoms with van der Waals surface area (Å²) in [6.45, 7) is 3.04. The molecule has 9 heteroatoms. The van der Waals surface area contributed by atoms with Crippen LogP contribution in [0.3, 0.4) is 0 Å². The number of aliphatic hydroxyl groups is 1. The molecule has 0 aliphatic carbocycles. The lowest BCUT2D eigenvalue weighted by atomic mass is 10.1. The van der Waals surface area contributed by atoms with E-state index in [1.165, 1.54) is 13.0 Å². The van der Waals surface area contributed by atoms with Crippen molar-refractivity contribution in [1.29, 1.82) is 0 Å². The van der Waals surface area contributed by atoms with E-state index in [4.69, 9.17) is 0 Å². The van der Waals surface area contributed by atoms with E-state index < -0.39 is 11.7 Å². The van der Waals surface area contributed by atoms with E-state index in [1.807, 2.05) is 0 Å². The van der Waals surface area contributed by atoms with Crippen LogP contribution in [0.1, 0.15) is 18.1 Å². The molecule has 6 nitrogen and oxygen atoms in total. The Morgan fingerprint density at radius 1 is 1.07 bits per heavy atom. The quantitative estimate of drug-likeness (QED) is 0.566. The number of hydrogen-bond acceptors (Lipinski definition) is 6. The van der Waals surface area contributed by atoms with Crippen LogP contribution in [-0.2, 0) is 6.18 Å². The summed E-state index contributed by atoms with van der Waals surface area (Å²) in [5.41, 5.74) is 1.01. The number of alkyl halides is 3. The Bertz CT molecular complexity index is 980. The van der Waals surface area contributed by atoms with Crippen LogP contribution in [0.15, 0.2) is 48.8 Å². The molecule has 3 rings (SSSR count). The van der Waals surface area contributed by atoms with Crippen molar-refractivity contribution in [3.05, 3.63) is 59.9 Å². The summed E-state index contributed by atoms with van der Waals surface area (Å²) in [6.07, 6.45) is -1.22. The minimum absolute atomic E-state index is 0.126. The van der Waals surface area contributed by atoms with E-state index in [0.29, 0.717) is 11.5 Å². The molecule has 1 atom stereocenters. The molecular formula is C20H20F3N5O. The van der Waals surface area contributed by atoms with Crippen molar-refractivity contribution in [2.45, 2.75) is 26.1 Å². The first-order valence-corrected chi connectivity index (χ1v) is 8.88. The number of hydrogen-bond donors (Lipinski definition) is 3. The molecule has 2 aromatic heterocycles. The lowest BCUT2D eigenvalue weighted by Gasteiger charge is -2.16. The van der Waals surface area contributed by atoms with Gasteiger partial charge in [0.25, 0.3) is 0 Å². The Morgan fingerprint density at radius 2 is 1.79 bits per heavy atom. The predicted molar refractivity (Wildman–Crippen MR) is 105 cm³/mol. The first-order chi connectivity index (χ1) is 13.8. The third-order valence-electron chi connectivity index (χ3n) is 4.17. The van der Waals surface area contributed by atoms with Crippen LogP contribution in [0.25, 0.3) is 11.3 Å². The molecule has 3 N–H and O–H groups in total. The summed E-state index contributed by atoms with van der Waals surface area (Å²) in [7, 11) is 0. The molecule has 152 valence electrons. The number of anilines is 3. The molecule has 0 saturated heterocycles. The highest BCUT2D eigenvalue weighted by atomic mass is 19.4. The maximum absolute atomic E-state index is 13.2. The summed E-state index contributed by atoms with van der Waals surface area (Å²) in [5, 5.41) is 15.2. The Kier molecular flexibility index (Phi) is 5.97. The van der Waals surface area contributed by atoms with Gasteiger partial charge in [0.1, 0.15) is 5.82 Å². The number of nitrogens with one attached hydrogen (secondary N) is 2. The molecule has 0 spiro atoms. The van der Waals surface area contributed by atoms with Gasteiger partial charge in [-0.15, -0.1) is 0 Å². The van der Waals surface area contributed by atoms with Gasteiger partial charge < -0.3 is 15.7 Å². The van der Waals surface area contributed by atoms with Gasteiger partial charge in [-0.3, -0.25) is 4.98 Å². The summed E-state index contributed by atoms with van der Waals surface area (Å²) in [5.74, 6) is 0.558. The molecule has 0 radical (unpaired) electrons. The van der Waals surface area contributed by atoms with Gasteiger partial charge in [0.2, 0.25) is 5.95 Å². The Balaban J connectivity index is 1.99. The summed E-state index contributed by atoms with van der Waals surface area (Å²) < 4.78 is 39.6. The van der Waals surface area contributed by atoms with Crippen molar-refractivity contribution in [2.24, 2.45) is 0 Å². The standard InChI is InChI=1S/C20H20F3N5O/c1-12-3-4-15(9-16(12)20(21,22)23)26-18-10-17(14-5-7-24-8-6-14)27-19(28-18)25-13(2)11-29/h3-10,13,29H,11H2,1-2H3,(H2,25,26,27,28)/t13-/m0/s1. The zero-order valence-electron chi connectivity index (χ0n) is 15.8. The van der Waals surface area contributed by atoms with E-state index in [2.05, 4.69) is 25.6 Å². The normalized spacial score (nSPS) is 12.5. The monoisotopic (exact) mass is 403 g/mol. The predicted octanol–water partition coefficient (Wildman–Crippen LogP) is 4.40. The number of benzene rings is 1. The third-order valence-corrected chi connectivity index (χ3v) is 4.17. The zero-order chi connectivity index (χ0) is 21.0. The molecule has 0 saturated carbocycles. The number of pyridine rings is 1. The van der Waals surface area contributed by atoms with Gasteiger partial charge in [-0.1, -0.05) is 6.07 Å². The lowest BCUT2D eigenvalue weighted by molar-refractivity contribution is -0.138. The van der Waals surface area contributed by atoms with Crippen LogP contribution in [0.4, 0.5) is 30.6 Å². The molecule has 0 fully saturated rings. The smallest absolute Gasteiger partial charge is 0.394 e. The fourth-order valence-corrected chi connectivity index (χ4v) is 2.67. The molecule has 0 bridgehead atoms. The van der Waals surface area contributed by atoms with Crippen molar-refractivity contribution in [3.8, 4) is 11.3 Å². The lowest BCUT2D eigenvalue weighted by Crippen LogP contribution is -2.21. The van der Waals surface area contributed by atoms with Gasteiger partial charge in [0.15, 0.2) is 0 Å². The second-order valence-electron chi connectivity index (χ2n) is 6.58. The van der Waals surface area contributed by atoms with Gasteiger partial charge in [-0.2, -0.15) is 18.2 Å². The maximum Gasteiger partial charge on any atom is 0.416 e. The first kappa shape index (κ1) is 20.5. The topological polar surface area (TPSA) is 83.0 Å². The number of aromatic nitrogens is 3. The number of aryl methyl sites for hydroxylation is 1. The summed E-state index contributed by atoms with van der Waals surface area (Å²) >= 11 is 0. The van der Waals surface area contributed by atoms with Gasteiger partial charge in [-0.25, -0.2) is 4.98 Å². The van der Waals surface area contributed by atoms with E-state index in [0.717, 1.165) is 11.6 Å². The van der Waals surface area contributed by atoms with Crippen molar-refractivity contribution < 1.29 is 18.3 Å². The van der Waals surface area contributed by atoms with E-state index in [1.54, 1.807) is 43.6 Å². The van der Waals surface area contributed by atoms with Gasteiger partial charge in [0, 0.05) is 35.8 Å². The highest BCUT2D eigenvalue weighted by Crippen LogP contribution is 2.34. The van der Waals surface area contributed by atoms with E-state index in [9.17, 15) is 18.3 Å². The molecule has 0 aliphatic heterocycles. The van der Waals surface area contributed by atoms with Crippen LogP contribution in [0.5, 0.6) is 0 Å². The van der Waals surface area contributed by atoms with Crippen molar-refractivity contribution in [2.75, 3.05) is 17.2 Å². The average Bonchev–Trinajstić information content (AvgIpc) is 2.69. The van der Waals surface area contributed by atoms with E-state index in [-0.39, 0.29) is 29.8 Å². The summed E-state index contributed by atoms with van der Waals surface area (Å²) in [4.78, 5) is 12.7. The molecule has 29 heavy (non-hydrogen) atoms. The van der Waals surface area contributed by atoms with Crippen LogP contribution in [-0.4, -0.2) is 32.7 Å². The number of aliphatic hydroxyl groups excluding tert-OH is 1. The molecule has 1 aromatic carbocycles. The van der Waals surface area contributed by atoms with Crippen LogP contribution in [0, 0.1) is 6.92 Å². The van der Waals surface area contributed by atoms with Gasteiger partial charge in [-0.05, 0) is 43.7 Å². The first-order valence-electron chi connectivity index (χ1n) is 8.88. The van der Waals surface area contributed by atoms with Gasteiger partial charge in [0.05, 0.1) is 17.9 Å². The molecule has 3 aromatic rings. The molecule has 0 unspecified atom stereocenters. The second kappa shape index (κ2) is 8.44.